The minimum absolute atomic E-state index is 0.127. The lowest BCUT2D eigenvalue weighted by Gasteiger charge is -2.11. The quantitative estimate of drug-likeness (QED) is 0.420. The summed E-state index contributed by atoms with van der Waals surface area (Å²) in [6.07, 6.45) is 3.52. The van der Waals surface area contributed by atoms with Crippen molar-refractivity contribution >= 4 is 39.2 Å². The number of rotatable bonds is 8. The fourth-order valence-corrected chi connectivity index (χ4v) is 4.83. The molecule has 2 N–H and O–H groups in total. The summed E-state index contributed by atoms with van der Waals surface area (Å²) in [6, 6.07) is 3.59. The van der Waals surface area contributed by atoms with E-state index in [1.54, 1.807) is 36.7 Å². The zero-order valence-corrected chi connectivity index (χ0v) is 18.1. The number of fused-ring (bicyclic) bond motifs is 1. The maximum atomic E-state index is 12.7. The number of thioether (sulfide) groups is 1. The van der Waals surface area contributed by atoms with E-state index in [0.717, 1.165) is 28.1 Å². The van der Waals surface area contributed by atoms with Gasteiger partial charge in [0.15, 0.2) is 5.16 Å². The van der Waals surface area contributed by atoms with Gasteiger partial charge in [-0.2, -0.15) is 0 Å². The standard InChI is InChI=1S/C20H25N3O3S2/c1-5-11(2)9-15-12(3)27-19-16(15)18(25)22-20(23-19)28-13(4)17(24)21-10-14-7-6-8-26-14/h6-8,11,13H,5,9-10H2,1-4H3,(H,21,24)(H,22,23,25)/t11-,13+/m0/s1. The van der Waals surface area contributed by atoms with Gasteiger partial charge in [0.1, 0.15) is 10.6 Å². The Kier molecular flexibility index (Phi) is 6.61. The fourth-order valence-electron chi connectivity index (χ4n) is 2.90. The summed E-state index contributed by atoms with van der Waals surface area (Å²) in [5.74, 6) is 1.08. The van der Waals surface area contributed by atoms with Crippen LogP contribution in [-0.4, -0.2) is 21.1 Å². The number of nitrogens with one attached hydrogen (secondary N) is 2. The van der Waals surface area contributed by atoms with Crippen molar-refractivity contribution < 1.29 is 9.21 Å². The van der Waals surface area contributed by atoms with E-state index in [2.05, 4.69) is 29.1 Å². The number of hydrogen-bond donors (Lipinski definition) is 2. The average Bonchev–Trinajstić information content (AvgIpc) is 3.27. The van der Waals surface area contributed by atoms with Gasteiger partial charge in [0, 0.05) is 4.88 Å². The number of thiophene rings is 1. The topological polar surface area (TPSA) is 88.0 Å². The molecule has 3 aromatic heterocycles. The van der Waals surface area contributed by atoms with Crippen molar-refractivity contribution in [1.29, 1.82) is 0 Å². The predicted octanol–water partition coefficient (Wildman–Crippen LogP) is 4.27. The van der Waals surface area contributed by atoms with E-state index >= 15 is 0 Å². The summed E-state index contributed by atoms with van der Waals surface area (Å²) in [5.41, 5.74) is 0.974. The van der Waals surface area contributed by atoms with Crippen LogP contribution < -0.4 is 10.9 Å². The highest BCUT2D eigenvalue weighted by Gasteiger charge is 2.20. The van der Waals surface area contributed by atoms with Gasteiger partial charge in [-0.25, -0.2) is 4.98 Å². The van der Waals surface area contributed by atoms with Gasteiger partial charge in [0.2, 0.25) is 5.91 Å². The van der Waals surface area contributed by atoms with Crippen LogP contribution in [0.1, 0.15) is 43.4 Å². The molecule has 0 aromatic carbocycles. The van der Waals surface area contributed by atoms with E-state index < -0.39 is 5.25 Å². The highest BCUT2D eigenvalue weighted by Crippen LogP contribution is 2.31. The average molecular weight is 420 g/mol. The molecule has 0 bridgehead atoms. The largest absolute Gasteiger partial charge is 0.467 e. The van der Waals surface area contributed by atoms with Gasteiger partial charge in [0.05, 0.1) is 23.4 Å². The van der Waals surface area contributed by atoms with Crippen LogP contribution in [0.25, 0.3) is 10.2 Å². The van der Waals surface area contributed by atoms with Crippen molar-refractivity contribution in [3.05, 3.63) is 45.0 Å². The zero-order chi connectivity index (χ0) is 20.3. The van der Waals surface area contributed by atoms with E-state index in [1.807, 2.05) is 6.92 Å². The Balaban J connectivity index is 1.74. The molecule has 0 radical (unpaired) electrons. The Morgan fingerprint density at radius 2 is 2.21 bits per heavy atom. The van der Waals surface area contributed by atoms with Crippen molar-refractivity contribution in [3.63, 3.8) is 0 Å². The summed E-state index contributed by atoms with van der Waals surface area (Å²) < 4.78 is 5.21. The lowest BCUT2D eigenvalue weighted by Crippen LogP contribution is -2.30. The minimum Gasteiger partial charge on any atom is -0.467 e. The summed E-state index contributed by atoms with van der Waals surface area (Å²) in [6.45, 7) is 8.52. The van der Waals surface area contributed by atoms with Crippen LogP contribution >= 0.6 is 23.1 Å². The minimum atomic E-state index is -0.392. The molecule has 0 spiro atoms. The SMILES string of the molecule is CC[C@H](C)Cc1c(C)sc2nc(S[C@H](C)C(=O)NCc3ccco3)[nH]c(=O)c12. The van der Waals surface area contributed by atoms with Crippen LogP contribution in [0.3, 0.4) is 0 Å². The van der Waals surface area contributed by atoms with E-state index in [1.165, 1.54) is 11.8 Å². The van der Waals surface area contributed by atoms with E-state index in [9.17, 15) is 9.59 Å². The normalized spacial score (nSPS) is 13.6. The summed E-state index contributed by atoms with van der Waals surface area (Å²) in [5, 5.41) is 3.60. The lowest BCUT2D eigenvalue weighted by atomic mass is 9.98. The molecule has 0 aliphatic carbocycles. The number of aromatic nitrogens is 2. The number of carbonyl (C=O) groups excluding carboxylic acids is 1. The third-order valence-corrected chi connectivity index (χ3v) is 6.79. The molecule has 2 atom stereocenters. The van der Waals surface area contributed by atoms with Gasteiger partial charge in [-0.15, -0.1) is 11.3 Å². The first kappa shape index (κ1) is 20.7. The molecule has 3 aromatic rings. The molecule has 1 amide bonds. The maximum Gasteiger partial charge on any atom is 0.260 e. The van der Waals surface area contributed by atoms with E-state index in [0.29, 0.717) is 28.8 Å². The monoisotopic (exact) mass is 419 g/mol. The molecule has 8 heteroatoms. The molecule has 0 fully saturated rings. The molecular formula is C20H25N3O3S2. The van der Waals surface area contributed by atoms with Crippen LogP contribution in [0, 0.1) is 12.8 Å². The van der Waals surface area contributed by atoms with Crippen molar-refractivity contribution in [2.45, 2.75) is 57.5 Å². The van der Waals surface area contributed by atoms with Crippen molar-refractivity contribution in [1.82, 2.24) is 15.3 Å². The summed E-state index contributed by atoms with van der Waals surface area (Å²) in [7, 11) is 0. The van der Waals surface area contributed by atoms with Crippen LogP contribution in [0.4, 0.5) is 0 Å². The first-order valence-corrected chi connectivity index (χ1v) is 11.1. The van der Waals surface area contributed by atoms with Crippen LogP contribution in [0.5, 0.6) is 0 Å². The molecule has 6 nitrogen and oxygen atoms in total. The van der Waals surface area contributed by atoms with Gasteiger partial charge in [-0.1, -0.05) is 32.0 Å². The third-order valence-electron chi connectivity index (χ3n) is 4.77. The highest BCUT2D eigenvalue weighted by molar-refractivity contribution is 8.00. The third kappa shape index (κ3) is 4.67. The molecule has 3 heterocycles. The number of aryl methyl sites for hydroxylation is 1. The summed E-state index contributed by atoms with van der Waals surface area (Å²) >= 11 is 2.79. The van der Waals surface area contributed by atoms with Crippen molar-refractivity contribution in [3.8, 4) is 0 Å². The molecule has 150 valence electrons. The van der Waals surface area contributed by atoms with E-state index in [-0.39, 0.29) is 11.5 Å². The van der Waals surface area contributed by atoms with Crippen molar-refractivity contribution in [2.75, 3.05) is 0 Å². The van der Waals surface area contributed by atoms with Crippen molar-refractivity contribution in [2.24, 2.45) is 5.92 Å². The predicted molar refractivity (Wildman–Crippen MR) is 114 cm³/mol. The second-order valence-electron chi connectivity index (χ2n) is 6.96. The molecule has 0 aliphatic heterocycles. The molecule has 3 rings (SSSR count). The number of H-pyrrole nitrogens is 1. The Morgan fingerprint density at radius 3 is 2.89 bits per heavy atom. The summed E-state index contributed by atoms with van der Waals surface area (Å²) in [4.78, 5) is 34.4. The number of carbonyl (C=O) groups is 1. The Morgan fingerprint density at radius 1 is 1.43 bits per heavy atom. The maximum absolute atomic E-state index is 12.7. The molecule has 0 saturated carbocycles. The Labute approximate surface area is 172 Å². The van der Waals surface area contributed by atoms with Gasteiger partial charge >= 0.3 is 0 Å². The van der Waals surface area contributed by atoms with Crippen LogP contribution in [0.2, 0.25) is 0 Å². The Bertz CT molecular complexity index is 1010. The highest BCUT2D eigenvalue weighted by atomic mass is 32.2. The number of amides is 1. The number of aromatic amines is 1. The Hall–Kier alpha value is -2.06. The number of furan rings is 1. The van der Waals surface area contributed by atoms with E-state index in [4.69, 9.17) is 4.42 Å². The molecule has 28 heavy (non-hydrogen) atoms. The van der Waals surface area contributed by atoms with Gasteiger partial charge in [-0.3, -0.25) is 9.59 Å². The lowest BCUT2D eigenvalue weighted by molar-refractivity contribution is -0.120. The fraction of sp³-hybridized carbons (Fsp3) is 0.450. The number of hydrogen-bond acceptors (Lipinski definition) is 6. The molecule has 0 unspecified atom stereocenters. The molecular weight excluding hydrogens is 394 g/mol. The molecule has 0 saturated heterocycles. The second kappa shape index (κ2) is 8.96. The second-order valence-corrected chi connectivity index (χ2v) is 9.50. The zero-order valence-electron chi connectivity index (χ0n) is 16.5. The molecule has 0 aliphatic rings. The van der Waals surface area contributed by atoms with Crippen LogP contribution in [0.15, 0.2) is 32.8 Å². The van der Waals surface area contributed by atoms with Gasteiger partial charge in [-0.05, 0) is 43.9 Å². The first-order valence-electron chi connectivity index (χ1n) is 9.38. The first-order chi connectivity index (χ1) is 13.4. The van der Waals surface area contributed by atoms with Crippen LogP contribution in [-0.2, 0) is 17.8 Å². The smallest absolute Gasteiger partial charge is 0.260 e. The van der Waals surface area contributed by atoms with Gasteiger partial charge < -0.3 is 14.7 Å². The number of nitrogens with zero attached hydrogens (tertiary/aromatic N) is 1. The van der Waals surface area contributed by atoms with Gasteiger partial charge in [0.25, 0.3) is 5.56 Å².